The number of rotatable bonds is 5. The van der Waals surface area contributed by atoms with Gasteiger partial charge in [0.05, 0.1) is 23.4 Å². The lowest BCUT2D eigenvalue weighted by Crippen LogP contribution is -2.11. The Balaban J connectivity index is 1.26. The van der Waals surface area contributed by atoms with Gasteiger partial charge in [-0.3, -0.25) is 0 Å². The molecule has 0 aliphatic heterocycles. The van der Waals surface area contributed by atoms with E-state index in [9.17, 15) is 18.4 Å². The first kappa shape index (κ1) is 29.3. The number of nitrogens with zero attached hydrogens (tertiary/aromatic N) is 3. The molecule has 7 aromatic rings. The lowest BCUT2D eigenvalue weighted by Gasteiger charge is -2.27. The molecule has 0 bridgehead atoms. The summed E-state index contributed by atoms with van der Waals surface area (Å²) in [5.41, 5.74) is 4.42. The van der Waals surface area contributed by atoms with Gasteiger partial charge in [0.1, 0.15) is 6.07 Å². The molecule has 0 aliphatic carbocycles. The minimum Gasteiger partial charge on any atom is -0.310 e. The smallest absolute Gasteiger partial charge is 0.310 e. The lowest BCUT2D eigenvalue weighted by atomic mass is 9.94. The molecule has 0 atom stereocenters. The predicted molar refractivity (Wildman–Crippen MR) is 185 cm³/mol. The molecule has 224 valence electrons. The summed E-state index contributed by atoms with van der Waals surface area (Å²) in [5.74, 6) is 0. The second-order valence-corrected chi connectivity index (χ2v) is 11.1. The quantitative estimate of drug-likeness (QED) is 0.110. The molecular weight excluding hydrogens is 591 g/mol. The van der Waals surface area contributed by atoms with Crippen molar-refractivity contribution >= 4 is 67.2 Å². The summed E-state index contributed by atoms with van der Waals surface area (Å²) >= 11 is 0. The fourth-order valence-corrected chi connectivity index (χ4v) is 6.08. The zero-order valence-corrected chi connectivity index (χ0v) is 24.8. The van der Waals surface area contributed by atoms with Crippen LogP contribution in [0.1, 0.15) is 22.3 Å². The molecule has 6 heteroatoms. The van der Waals surface area contributed by atoms with Crippen LogP contribution >= 0.6 is 0 Å². The van der Waals surface area contributed by atoms with Crippen molar-refractivity contribution in [3.05, 3.63) is 167 Å². The van der Waals surface area contributed by atoms with E-state index < -0.39 is 11.7 Å². The lowest BCUT2D eigenvalue weighted by molar-refractivity contribution is -0.137. The number of alkyl halides is 3. The number of benzene rings is 7. The fraction of sp³-hybridized carbons (Fsp3) is 0.0244. The maximum absolute atomic E-state index is 13.4. The van der Waals surface area contributed by atoms with Crippen molar-refractivity contribution in [3.8, 4) is 6.07 Å². The van der Waals surface area contributed by atoms with Gasteiger partial charge in [-0.25, -0.2) is 4.85 Å². The van der Waals surface area contributed by atoms with E-state index in [2.05, 4.69) is 10.9 Å². The van der Waals surface area contributed by atoms with Crippen molar-refractivity contribution in [2.45, 2.75) is 6.18 Å². The molecule has 0 aliphatic rings. The van der Waals surface area contributed by atoms with Gasteiger partial charge in [-0.1, -0.05) is 103 Å². The summed E-state index contributed by atoms with van der Waals surface area (Å²) in [6.45, 7) is 7.87. The van der Waals surface area contributed by atoms with Gasteiger partial charge in [-0.15, -0.1) is 0 Å². The zero-order chi connectivity index (χ0) is 32.5. The van der Waals surface area contributed by atoms with Gasteiger partial charge in [0.15, 0.2) is 0 Å². The molecule has 0 fully saturated rings. The van der Waals surface area contributed by atoms with Crippen molar-refractivity contribution in [3.63, 3.8) is 0 Å². The maximum atomic E-state index is 13.4. The van der Waals surface area contributed by atoms with Crippen LogP contribution in [0, 0.1) is 17.9 Å². The van der Waals surface area contributed by atoms with Gasteiger partial charge in [-0.05, 0) is 80.5 Å². The Bertz CT molecular complexity index is 2410. The van der Waals surface area contributed by atoms with Crippen molar-refractivity contribution in [2.24, 2.45) is 0 Å². The molecule has 3 nitrogen and oxygen atoms in total. The van der Waals surface area contributed by atoms with Gasteiger partial charge in [0, 0.05) is 16.8 Å². The Morgan fingerprint density at radius 2 is 1.19 bits per heavy atom. The minimum absolute atomic E-state index is 0.519. The fourth-order valence-electron chi connectivity index (χ4n) is 6.08. The van der Waals surface area contributed by atoms with E-state index in [1.165, 1.54) is 12.1 Å². The maximum Gasteiger partial charge on any atom is 0.416 e. The molecule has 0 spiro atoms. The predicted octanol–water partition coefficient (Wildman–Crippen LogP) is 12.2. The van der Waals surface area contributed by atoms with Crippen molar-refractivity contribution in [1.29, 1.82) is 5.26 Å². The van der Waals surface area contributed by atoms with Crippen LogP contribution in [0.5, 0.6) is 0 Å². The van der Waals surface area contributed by atoms with Crippen LogP contribution in [0.2, 0.25) is 0 Å². The summed E-state index contributed by atoms with van der Waals surface area (Å²) in [4.78, 5) is 5.79. The number of anilines is 3. The largest absolute Gasteiger partial charge is 0.416 e. The number of fused-ring (bicyclic) bond motifs is 3. The Morgan fingerprint density at radius 3 is 1.87 bits per heavy atom. The van der Waals surface area contributed by atoms with Crippen molar-refractivity contribution in [2.75, 3.05) is 4.90 Å². The van der Waals surface area contributed by atoms with Crippen LogP contribution in [0.4, 0.5) is 35.9 Å². The van der Waals surface area contributed by atoms with Crippen LogP contribution in [0.25, 0.3) is 49.3 Å². The first-order valence-corrected chi connectivity index (χ1v) is 14.8. The molecule has 47 heavy (non-hydrogen) atoms. The van der Waals surface area contributed by atoms with E-state index in [1.54, 1.807) is 0 Å². The molecule has 0 aromatic heterocycles. The van der Waals surface area contributed by atoms with Crippen molar-refractivity contribution in [1.82, 2.24) is 0 Å². The van der Waals surface area contributed by atoms with E-state index >= 15 is 0 Å². The summed E-state index contributed by atoms with van der Waals surface area (Å²) < 4.78 is 40.1. The Kier molecular flexibility index (Phi) is 7.40. The molecule has 0 heterocycles. The highest BCUT2D eigenvalue weighted by Gasteiger charge is 2.30. The monoisotopic (exact) mass is 615 g/mol. The Morgan fingerprint density at radius 1 is 0.617 bits per heavy atom. The summed E-state index contributed by atoms with van der Waals surface area (Å²) in [7, 11) is 0. The van der Waals surface area contributed by atoms with Gasteiger partial charge < -0.3 is 4.90 Å². The zero-order valence-electron chi connectivity index (χ0n) is 24.8. The number of hydrogen-bond acceptors (Lipinski definition) is 2. The summed E-state index contributed by atoms with van der Waals surface area (Å²) in [6, 6.07) is 42.4. The summed E-state index contributed by atoms with van der Waals surface area (Å²) in [5, 5.41) is 14.9. The molecule has 0 radical (unpaired) electrons. The molecule has 0 unspecified atom stereocenters. The highest BCUT2D eigenvalue weighted by atomic mass is 19.4. The average Bonchev–Trinajstić information content (AvgIpc) is 3.10. The summed E-state index contributed by atoms with van der Waals surface area (Å²) in [6.07, 6.45) is -0.498. The second kappa shape index (κ2) is 11.9. The second-order valence-electron chi connectivity index (χ2n) is 11.1. The number of hydrogen-bond donors (Lipinski definition) is 0. The third-order valence-corrected chi connectivity index (χ3v) is 8.32. The van der Waals surface area contributed by atoms with Crippen LogP contribution in [-0.2, 0) is 6.18 Å². The molecule has 7 rings (SSSR count). The van der Waals surface area contributed by atoms with Gasteiger partial charge >= 0.3 is 6.18 Å². The first-order valence-electron chi connectivity index (χ1n) is 14.8. The highest BCUT2D eigenvalue weighted by Crippen LogP contribution is 2.41. The van der Waals surface area contributed by atoms with Crippen LogP contribution in [-0.4, -0.2) is 0 Å². The van der Waals surface area contributed by atoms with E-state index in [-0.39, 0.29) is 0 Å². The molecule has 0 amide bonds. The van der Waals surface area contributed by atoms with E-state index in [0.717, 1.165) is 67.0 Å². The van der Waals surface area contributed by atoms with Gasteiger partial charge in [0.25, 0.3) is 0 Å². The normalized spacial score (nSPS) is 11.6. The van der Waals surface area contributed by atoms with E-state index in [4.69, 9.17) is 6.57 Å². The van der Waals surface area contributed by atoms with Crippen molar-refractivity contribution < 1.29 is 13.2 Å². The molecule has 0 saturated heterocycles. The van der Waals surface area contributed by atoms with Gasteiger partial charge in [0.2, 0.25) is 5.69 Å². The first-order chi connectivity index (χ1) is 22.9. The highest BCUT2D eigenvalue weighted by molar-refractivity contribution is 6.15. The molecule has 7 aromatic carbocycles. The van der Waals surface area contributed by atoms with Crippen LogP contribution in [0.15, 0.2) is 133 Å². The average molecular weight is 616 g/mol. The standard InChI is InChI=1S/C41H24F3N3/c1-46-40-36-11-5-4-10-34(36)38(26-45)35-24-17-28(25-37(35)40)14-13-27-15-20-31(21-16-27)47(32-22-18-30(19-23-32)41(42,43)44)39-12-6-8-29-7-2-3-9-33(29)39/h2-25H/b14-13+. The van der Waals surface area contributed by atoms with E-state index in [0.29, 0.717) is 16.9 Å². The molecular formula is C41H24F3N3. The minimum atomic E-state index is -4.43. The Labute approximate surface area is 269 Å². The van der Waals surface area contributed by atoms with E-state index in [1.807, 2.05) is 126 Å². The number of halogens is 3. The Hall–Kier alpha value is -6.37. The molecule has 0 saturated carbocycles. The topological polar surface area (TPSA) is 31.4 Å². The third kappa shape index (κ3) is 5.43. The third-order valence-electron chi connectivity index (χ3n) is 8.32. The van der Waals surface area contributed by atoms with Gasteiger partial charge in [-0.2, -0.15) is 18.4 Å². The number of nitriles is 1. The van der Waals surface area contributed by atoms with Crippen LogP contribution < -0.4 is 4.90 Å². The van der Waals surface area contributed by atoms with Crippen LogP contribution in [0.3, 0.4) is 0 Å². The SMILES string of the molecule is [C-]#[N+]c1c2ccccc2c(C#N)c2ccc(/C=C/c3ccc(N(c4ccc(C(F)(F)F)cc4)c4cccc5ccccc45)cc3)cc12. The molecule has 0 N–H and O–H groups in total.